The molecule has 1 aromatic rings. The van der Waals surface area contributed by atoms with Crippen molar-refractivity contribution in [2.24, 2.45) is 0 Å². The molecule has 0 amide bonds. The molecule has 0 aliphatic rings. The molecule has 0 bridgehead atoms. The van der Waals surface area contributed by atoms with Crippen molar-refractivity contribution in [3.05, 3.63) is 35.4 Å². The Labute approximate surface area is 74.0 Å². The minimum absolute atomic E-state index is 0.111. The number of aryl methyl sites for hydroxylation is 1. The molecule has 66 valence electrons. The number of hydrogen-bond acceptors (Lipinski definition) is 1. The molecule has 0 aliphatic heterocycles. The summed E-state index contributed by atoms with van der Waals surface area (Å²) in [5.74, 6) is 0. The zero-order valence-electron chi connectivity index (χ0n) is 6.77. The van der Waals surface area contributed by atoms with Gasteiger partial charge < -0.3 is 0 Å². The van der Waals surface area contributed by atoms with Crippen LogP contribution in [0.25, 0.3) is 0 Å². The van der Waals surface area contributed by atoms with Gasteiger partial charge in [0.2, 0.25) is 0 Å². The second kappa shape index (κ2) is 3.48. The zero-order chi connectivity index (χ0) is 9.19. The van der Waals surface area contributed by atoms with Crippen LogP contribution in [-0.4, -0.2) is 22.4 Å². The summed E-state index contributed by atoms with van der Waals surface area (Å²) < 4.78 is 28.1. The third-order valence-corrected chi connectivity index (χ3v) is 3.10. The van der Waals surface area contributed by atoms with Gasteiger partial charge in [-0.3, -0.25) is 0 Å². The molecule has 0 atom stereocenters. The van der Waals surface area contributed by atoms with Gasteiger partial charge in [0, 0.05) is 0 Å². The van der Waals surface area contributed by atoms with Crippen molar-refractivity contribution < 1.29 is 11.9 Å². The van der Waals surface area contributed by atoms with Crippen LogP contribution in [-0.2, 0) is 8.95 Å². The Kier molecular flexibility index (Phi) is 2.78. The summed E-state index contributed by atoms with van der Waals surface area (Å²) >= 11 is -4.48. The van der Waals surface area contributed by atoms with Crippen molar-refractivity contribution in [2.45, 2.75) is 12.1 Å². The van der Waals surface area contributed by atoms with E-state index in [0.717, 1.165) is 5.56 Å². The standard InChI is InChI=1S/C8H11AsO3/c1-7-3-2-4-8(5-7)6-9(10,11)12/h2-5H,6H2,1H3,(H2,10,11,12). The van der Waals surface area contributed by atoms with E-state index in [-0.39, 0.29) is 5.21 Å². The van der Waals surface area contributed by atoms with Gasteiger partial charge in [0.05, 0.1) is 0 Å². The molecule has 12 heavy (non-hydrogen) atoms. The van der Waals surface area contributed by atoms with Crippen LogP contribution in [0.3, 0.4) is 0 Å². The second-order valence-corrected chi connectivity index (χ2v) is 6.26. The average Bonchev–Trinajstić information content (AvgIpc) is 1.82. The molecular weight excluding hydrogens is 219 g/mol. The van der Waals surface area contributed by atoms with Crippen molar-refractivity contribution in [3.63, 3.8) is 0 Å². The molecule has 0 heterocycles. The van der Waals surface area contributed by atoms with Gasteiger partial charge in [-0.15, -0.1) is 0 Å². The molecule has 0 saturated carbocycles. The Balaban J connectivity index is 2.84. The molecule has 0 spiro atoms. The Morgan fingerprint density at radius 1 is 1.42 bits per heavy atom. The Hall–Kier alpha value is -0.502. The van der Waals surface area contributed by atoms with Gasteiger partial charge in [-0.2, -0.15) is 0 Å². The molecule has 0 saturated heterocycles. The third kappa shape index (κ3) is 3.26. The SMILES string of the molecule is Cc1cccc(C[As](=O)(O)O)c1. The first-order valence-electron chi connectivity index (χ1n) is 3.57. The van der Waals surface area contributed by atoms with Gasteiger partial charge in [-0.25, -0.2) is 0 Å². The van der Waals surface area contributed by atoms with Crippen molar-refractivity contribution in [2.75, 3.05) is 0 Å². The van der Waals surface area contributed by atoms with Gasteiger partial charge in [0.25, 0.3) is 0 Å². The van der Waals surface area contributed by atoms with Crippen LogP contribution in [0, 0.1) is 6.92 Å². The molecule has 1 aromatic carbocycles. The number of rotatable bonds is 2. The molecule has 0 fully saturated rings. The molecular formula is C8H11AsO3. The van der Waals surface area contributed by atoms with Gasteiger partial charge in [-0.1, -0.05) is 0 Å². The van der Waals surface area contributed by atoms with Crippen molar-refractivity contribution in [1.82, 2.24) is 0 Å². The van der Waals surface area contributed by atoms with E-state index in [0.29, 0.717) is 5.56 Å². The van der Waals surface area contributed by atoms with Crippen LogP contribution < -0.4 is 0 Å². The first kappa shape index (κ1) is 9.59. The van der Waals surface area contributed by atoms with Gasteiger partial charge in [0.15, 0.2) is 0 Å². The Morgan fingerprint density at radius 2 is 2.08 bits per heavy atom. The Morgan fingerprint density at radius 3 is 2.58 bits per heavy atom. The summed E-state index contributed by atoms with van der Waals surface area (Å²) in [4.78, 5) is 0. The molecule has 0 aromatic heterocycles. The van der Waals surface area contributed by atoms with Crippen LogP contribution in [0.15, 0.2) is 24.3 Å². The molecule has 2 N–H and O–H groups in total. The summed E-state index contributed by atoms with van der Waals surface area (Å²) in [5, 5.41) is -0.111. The average molecular weight is 230 g/mol. The fourth-order valence-corrected chi connectivity index (χ4v) is 2.46. The normalized spacial score (nSPS) is 11.6. The van der Waals surface area contributed by atoms with Crippen LogP contribution in [0.4, 0.5) is 0 Å². The fourth-order valence-electron chi connectivity index (χ4n) is 1.05. The van der Waals surface area contributed by atoms with E-state index in [1.807, 2.05) is 13.0 Å². The molecule has 0 aliphatic carbocycles. The zero-order valence-corrected chi connectivity index (χ0v) is 8.64. The summed E-state index contributed by atoms with van der Waals surface area (Å²) in [6.45, 7) is 1.90. The monoisotopic (exact) mass is 230 g/mol. The Bertz CT molecular complexity index is 316. The maximum atomic E-state index is 10.7. The van der Waals surface area contributed by atoms with E-state index < -0.39 is 14.2 Å². The number of benzene rings is 1. The topological polar surface area (TPSA) is 57.5 Å². The van der Waals surface area contributed by atoms with E-state index in [1.165, 1.54) is 0 Å². The van der Waals surface area contributed by atoms with Crippen LogP contribution in [0.2, 0.25) is 0 Å². The fraction of sp³-hybridized carbons (Fsp3) is 0.250. The van der Waals surface area contributed by atoms with E-state index in [2.05, 4.69) is 0 Å². The molecule has 4 heteroatoms. The van der Waals surface area contributed by atoms with Gasteiger partial charge in [-0.05, 0) is 0 Å². The molecule has 3 nitrogen and oxygen atoms in total. The van der Waals surface area contributed by atoms with E-state index in [4.69, 9.17) is 8.19 Å². The van der Waals surface area contributed by atoms with Crippen molar-refractivity contribution >= 4 is 14.2 Å². The quantitative estimate of drug-likeness (QED) is 0.724. The summed E-state index contributed by atoms with van der Waals surface area (Å²) in [6, 6.07) is 7.22. The van der Waals surface area contributed by atoms with E-state index in [1.54, 1.807) is 18.2 Å². The van der Waals surface area contributed by atoms with E-state index in [9.17, 15) is 3.74 Å². The van der Waals surface area contributed by atoms with Crippen molar-refractivity contribution in [1.29, 1.82) is 0 Å². The first-order chi connectivity index (χ1) is 5.47. The van der Waals surface area contributed by atoms with Crippen LogP contribution in [0.5, 0.6) is 0 Å². The van der Waals surface area contributed by atoms with Gasteiger partial charge in [0.1, 0.15) is 0 Å². The summed E-state index contributed by atoms with van der Waals surface area (Å²) in [6.07, 6.45) is 0. The molecule has 0 radical (unpaired) electrons. The molecule has 0 unspecified atom stereocenters. The summed E-state index contributed by atoms with van der Waals surface area (Å²) in [7, 11) is 0. The third-order valence-electron chi connectivity index (χ3n) is 1.47. The van der Waals surface area contributed by atoms with Crippen LogP contribution in [0.1, 0.15) is 11.1 Å². The second-order valence-electron chi connectivity index (χ2n) is 2.81. The van der Waals surface area contributed by atoms with E-state index >= 15 is 0 Å². The summed E-state index contributed by atoms with van der Waals surface area (Å²) in [5.41, 5.74) is 1.74. The predicted molar refractivity (Wildman–Crippen MR) is 45.8 cm³/mol. The van der Waals surface area contributed by atoms with Crippen LogP contribution >= 0.6 is 0 Å². The minimum atomic E-state index is -4.48. The first-order valence-corrected chi connectivity index (χ1v) is 7.35. The maximum absolute atomic E-state index is 10.7. The van der Waals surface area contributed by atoms with Crippen molar-refractivity contribution in [3.8, 4) is 0 Å². The molecule has 1 rings (SSSR count). The predicted octanol–water partition coefficient (Wildman–Crippen LogP) is 0.431. The number of hydrogen-bond donors (Lipinski definition) is 2. The van der Waals surface area contributed by atoms with Gasteiger partial charge >= 0.3 is 73.6 Å².